The van der Waals surface area contributed by atoms with E-state index in [9.17, 15) is 5.11 Å². The summed E-state index contributed by atoms with van der Waals surface area (Å²) in [5.74, 6) is 0. The second kappa shape index (κ2) is 4.79. The zero-order chi connectivity index (χ0) is 12.5. The normalized spacial score (nSPS) is 22.0. The Bertz CT molecular complexity index is 381. The van der Waals surface area contributed by atoms with Crippen molar-refractivity contribution in [1.29, 1.82) is 0 Å². The Morgan fingerprint density at radius 2 is 2.00 bits per heavy atom. The van der Waals surface area contributed by atoms with Gasteiger partial charge in [0.2, 0.25) is 0 Å². The third-order valence-corrected chi connectivity index (χ3v) is 3.47. The molecule has 0 amide bonds. The lowest BCUT2D eigenvalue weighted by Crippen LogP contribution is -2.24. The molecule has 0 saturated carbocycles. The van der Waals surface area contributed by atoms with Crippen LogP contribution >= 0.6 is 0 Å². The van der Waals surface area contributed by atoms with Gasteiger partial charge in [0, 0.05) is 19.6 Å². The number of aliphatic hydroxyl groups is 1. The average molecular weight is 233 g/mol. The van der Waals surface area contributed by atoms with Gasteiger partial charge in [-0.3, -0.25) is 4.90 Å². The fourth-order valence-corrected chi connectivity index (χ4v) is 2.59. The highest BCUT2D eigenvalue weighted by molar-refractivity contribution is 5.32. The predicted molar refractivity (Wildman–Crippen MR) is 71.0 cm³/mol. The smallest absolute Gasteiger partial charge is 0.0679 e. The van der Waals surface area contributed by atoms with E-state index in [0.29, 0.717) is 0 Å². The summed E-state index contributed by atoms with van der Waals surface area (Å²) in [7, 11) is 0. The van der Waals surface area contributed by atoms with Gasteiger partial charge in [-0.2, -0.15) is 0 Å². The van der Waals surface area contributed by atoms with Crippen molar-refractivity contribution < 1.29 is 5.11 Å². The van der Waals surface area contributed by atoms with Crippen molar-refractivity contribution in [2.75, 3.05) is 13.1 Å². The Morgan fingerprint density at radius 3 is 2.59 bits per heavy atom. The van der Waals surface area contributed by atoms with Gasteiger partial charge in [-0.25, -0.2) is 0 Å². The zero-order valence-electron chi connectivity index (χ0n) is 11.1. The number of nitrogens with zero attached hydrogens (tertiary/aromatic N) is 1. The van der Waals surface area contributed by atoms with Crippen LogP contribution in [0.3, 0.4) is 0 Å². The van der Waals surface area contributed by atoms with Crippen molar-refractivity contribution in [3.63, 3.8) is 0 Å². The first kappa shape index (κ1) is 12.6. The van der Waals surface area contributed by atoms with Crippen LogP contribution in [0.1, 0.15) is 38.3 Å². The highest BCUT2D eigenvalue weighted by atomic mass is 16.3. The molecule has 1 saturated heterocycles. The summed E-state index contributed by atoms with van der Waals surface area (Å²) >= 11 is 0. The number of β-amino-alcohol motifs (C(OH)–C–C–N with tert-alkyl or cyclic N) is 1. The molecule has 1 aromatic rings. The average Bonchev–Trinajstić information content (AvgIpc) is 2.63. The molecule has 1 aliphatic heterocycles. The maximum absolute atomic E-state index is 9.57. The third-order valence-electron chi connectivity index (χ3n) is 3.47. The fraction of sp³-hybridized carbons (Fsp3) is 0.600. The summed E-state index contributed by atoms with van der Waals surface area (Å²) in [5, 5.41) is 9.57. The molecule has 0 bridgehead atoms. The van der Waals surface area contributed by atoms with Crippen molar-refractivity contribution in [2.45, 2.75) is 45.3 Å². The monoisotopic (exact) mass is 233 g/mol. The molecular formula is C15H23NO. The van der Waals surface area contributed by atoms with Crippen molar-refractivity contribution in [2.24, 2.45) is 0 Å². The van der Waals surface area contributed by atoms with E-state index in [1.165, 1.54) is 11.1 Å². The van der Waals surface area contributed by atoms with Gasteiger partial charge in [-0.1, -0.05) is 45.0 Å². The Kier molecular flexibility index (Phi) is 3.55. The first-order chi connectivity index (χ1) is 7.97. The molecule has 0 spiro atoms. The van der Waals surface area contributed by atoms with E-state index in [4.69, 9.17) is 0 Å². The minimum Gasteiger partial charge on any atom is -0.392 e. The van der Waals surface area contributed by atoms with Gasteiger partial charge in [-0.15, -0.1) is 0 Å². The molecule has 1 N–H and O–H groups in total. The van der Waals surface area contributed by atoms with Gasteiger partial charge in [-0.05, 0) is 23.0 Å². The van der Waals surface area contributed by atoms with Crippen LogP contribution in [0.25, 0.3) is 0 Å². The van der Waals surface area contributed by atoms with E-state index in [2.05, 4.69) is 49.9 Å². The van der Waals surface area contributed by atoms with E-state index in [1.54, 1.807) is 0 Å². The van der Waals surface area contributed by atoms with Crippen LogP contribution in [-0.2, 0) is 12.0 Å². The Labute approximate surface area is 104 Å². The first-order valence-electron chi connectivity index (χ1n) is 6.45. The molecule has 1 heterocycles. The lowest BCUT2D eigenvalue weighted by molar-refractivity contribution is 0.174. The molecule has 1 aliphatic rings. The number of hydrogen-bond donors (Lipinski definition) is 1. The van der Waals surface area contributed by atoms with Crippen LogP contribution in [0.2, 0.25) is 0 Å². The molecule has 17 heavy (non-hydrogen) atoms. The first-order valence-corrected chi connectivity index (χ1v) is 6.45. The molecular weight excluding hydrogens is 210 g/mol. The molecule has 2 nitrogen and oxygen atoms in total. The number of likely N-dealkylation sites (tertiary alicyclic amines) is 1. The van der Waals surface area contributed by atoms with Gasteiger partial charge in [0.1, 0.15) is 0 Å². The molecule has 0 aliphatic carbocycles. The van der Waals surface area contributed by atoms with Crippen LogP contribution in [-0.4, -0.2) is 29.2 Å². The number of hydrogen-bond acceptors (Lipinski definition) is 2. The molecule has 0 radical (unpaired) electrons. The maximum Gasteiger partial charge on any atom is 0.0679 e. The SMILES string of the molecule is CC(C)(C)c1ccccc1CN1CCC(O)C1. The van der Waals surface area contributed by atoms with Crippen LogP contribution in [0.4, 0.5) is 0 Å². The summed E-state index contributed by atoms with van der Waals surface area (Å²) in [5.41, 5.74) is 3.00. The van der Waals surface area contributed by atoms with E-state index >= 15 is 0 Å². The number of benzene rings is 1. The highest BCUT2D eigenvalue weighted by Gasteiger charge is 2.23. The number of aliphatic hydroxyl groups excluding tert-OH is 1. The third kappa shape index (κ3) is 3.08. The molecule has 1 unspecified atom stereocenters. The molecule has 94 valence electrons. The molecule has 1 atom stereocenters. The lowest BCUT2D eigenvalue weighted by atomic mass is 9.83. The van der Waals surface area contributed by atoms with Crippen LogP contribution < -0.4 is 0 Å². The second-order valence-corrected chi connectivity index (χ2v) is 6.08. The standard InChI is InChI=1S/C15H23NO/c1-15(2,3)14-7-5-4-6-12(14)10-16-9-8-13(17)11-16/h4-7,13,17H,8-11H2,1-3H3. The van der Waals surface area contributed by atoms with Gasteiger partial charge >= 0.3 is 0 Å². The predicted octanol–water partition coefficient (Wildman–Crippen LogP) is 2.55. The topological polar surface area (TPSA) is 23.5 Å². The molecule has 2 rings (SSSR count). The summed E-state index contributed by atoms with van der Waals surface area (Å²) in [6.07, 6.45) is 0.786. The lowest BCUT2D eigenvalue weighted by Gasteiger charge is -2.25. The van der Waals surface area contributed by atoms with Crippen molar-refractivity contribution in [3.05, 3.63) is 35.4 Å². The van der Waals surface area contributed by atoms with Crippen LogP contribution in [0.5, 0.6) is 0 Å². The maximum atomic E-state index is 9.57. The van der Waals surface area contributed by atoms with E-state index in [0.717, 1.165) is 26.1 Å². The van der Waals surface area contributed by atoms with Crippen molar-refractivity contribution in [1.82, 2.24) is 4.90 Å². The Hall–Kier alpha value is -0.860. The minimum absolute atomic E-state index is 0.128. The minimum atomic E-state index is -0.128. The Balaban J connectivity index is 2.15. The summed E-state index contributed by atoms with van der Waals surface area (Å²) < 4.78 is 0. The summed E-state index contributed by atoms with van der Waals surface area (Å²) in [4.78, 5) is 2.34. The second-order valence-electron chi connectivity index (χ2n) is 6.08. The van der Waals surface area contributed by atoms with Gasteiger partial charge in [0.05, 0.1) is 6.10 Å². The van der Waals surface area contributed by atoms with E-state index < -0.39 is 0 Å². The van der Waals surface area contributed by atoms with Crippen molar-refractivity contribution in [3.8, 4) is 0 Å². The molecule has 0 aromatic heterocycles. The molecule has 1 aromatic carbocycles. The summed E-state index contributed by atoms with van der Waals surface area (Å²) in [6.45, 7) is 9.56. The van der Waals surface area contributed by atoms with E-state index in [-0.39, 0.29) is 11.5 Å². The van der Waals surface area contributed by atoms with Gasteiger partial charge in [0.25, 0.3) is 0 Å². The molecule has 2 heteroatoms. The quantitative estimate of drug-likeness (QED) is 0.848. The van der Waals surface area contributed by atoms with Gasteiger partial charge in [0.15, 0.2) is 0 Å². The summed E-state index contributed by atoms with van der Waals surface area (Å²) in [6, 6.07) is 8.66. The van der Waals surface area contributed by atoms with Crippen LogP contribution in [0, 0.1) is 0 Å². The highest BCUT2D eigenvalue weighted by Crippen LogP contribution is 2.27. The molecule has 1 fully saturated rings. The number of rotatable bonds is 2. The van der Waals surface area contributed by atoms with Crippen LogP contribution in [0.15, 0.2) is 24.3 Å². The zero-order valence-corrected chi connectivity index (χ0v) is 11.1. The van der Waals surface area contributed by atoms with Crippen molar-refractivity contribution >= 4 is 0 Å². The fourth-order valence-electron chi connectivity index (χ4n) is 2.59. The van der Waals surface area contributed by atoms with E-state index in [1.807, 2.05) is 0 Å². The largest absolute Gasteiger partial charge is 0.392 e. The van der Waals surface area contributed by atoms with Gasteiger partial charge < -0.3 is 5.11 Å². The Morgan fingerprint density at radius 1 is 1.29 bits per heavy atom.